The van der Waals surface area contributed by atoms with Gasteiger partial charge in [-0.05, 0) is 35.7 Å². The largest absolute Gasteiger partial charge is 0.399 e. The fourth-order valence-electron chi connectivity index (χ4n) is 2.95. The number of nitrogens with two attached hydrogens (primary N) is 1. The van der Waals surface area contributed by atoms with Crippen LogP contribution >= 0.6 is 12.4 Å². The molecular weight excluding hydrogens is 343 g/mol. The Morgan fingerprint density at radius 3 is 2.80 bits per heavy atom. The Balaban J connectivity index is 0.00000225. The molecule has 6 heteroatoms. The highest BCUT2D eigenvalue weighted by molar-refractivity contribution is 5.85. The van der Waals surface area contributed by atoms with E-state index >= 15 is 0 Å². The fourth-order valence-corrected chi connectivity index (χ4v) is 2.95. The Bertz CT molecular complexity index is 726. The second-order valence-corrected chi connectivity index (χ2v) is 5.95. The number of nitrogens with zero attached hydrogens (tertiary/aromatic N) is 1. The number of hydrogen-bond acceptors (Lipinski definition) is 3. The Hall–Kier alpha value is -2.11. The number of carbonyl (C=O) groups is 1. The summed E-state index contributed by atoms with van der Waals surface area (Å²) >= 11 is 0. The third-order valence-electron chi connectivity index (χ3n) is 4.30. The molecule has 2 aromatic carbocycles. The smallest absolute Gasteiger partial charge is 0.223 e. The summed E-state index contributed by atoms with van der Waals surface area (Å²) in [6.45, 7) is 1.47. The molecule has 1 atom stereocenters. The first kappa shape index (κ1) is 19.2. The third-order valence-corrected chi connectivity index (χ3v) is 4.30. The molecule has 134 valence electrons. The quantitative estimate of drug-likeness (QED) is 0.846. The number of ether oxygens (including phenoxy) is 1. The molecule has 1 saturated heterocycles. The Morgan fingerprint density at radius 2 is 2.04 bits per heavy atom. The van der Waals surface area contributed by atoms with E-state index in [0.717, 1.165) is 11.1 Å². The van der Waals surface area contributed by atoms with Crippen LogP contribution in [0.25, 0.3) is 0 Å². The molecular formula is C19H22ClFN2O2. The number of aryl methyl sites for hydroxylation is 1. The number of halogens is 2. The van der Waals surface area contributed by atoms with Gasteiger partial charge in [0.25, 0.3) is 0 Å². The van der Waals surface area contributed by atoms with Gasteiger partial charge in [0, 0.05) is 18.7 Å². The summed E-state index contributed by atoms with van der Waals surface area (Å²) in [7, 11) is 0. The van der Waals surface area contributed by atoms with Crippen molar-refractivity contribution in [1.29, 1.82) is 0 Å². The molecule has 1 unspecified atom stereocenters. The van der Waals surface area contributed by atoms with Crippen molar-refractivity contribution in [2.24, 2.45) is 0 Å². The first-order chi connectivity index (χ1) is 11.6. The predicted octanol–water partition coefficient (Wildman–Crippen LogP) is 3.36. The lowest BCUT2D eigenvalue weighted by atomic mass is 10.1. The zero-order chi connectivity index (χ0) is 16.9. The van der Waals surface area contributed by atoms with Crippen molar-refractivity contribution in [2.75, 3.05) is 25.4 Å². The van der Waals surface area contributed by atoms with E-state index in [1.807, 2.05) is 30.3 Å². The highest BCUT2D eigenvalue weighted by Gasteiger charge is 2.25. The van der Waals surface area contributed by atoms with Crippen LogP contribution in [0.4, 0.5) is 10.1 Å². The van der Waals surface area contributed by atoms with Gasteiger partial charge in [0.15, 0.2) is 0 Å². The molecule has 1 aliphatic rings. The van der Waals surface area contributed by atoms with Gasteiger partial charge in [-0.3, -0.25) is 4.79 Å². The number of benzene rings is 2. The van der Waals surface area contributed by atoms with Crippen molar-refractivity contribution < 1.29 is 13.9 Å². The molecule has 1 fully saturated rings. The Labute approximate surface area is 153 Å². The predicted molar refractivity (Wildman–Crippen MR) is 98.1 cm³/mol. The van der Waals surface area contributed by atoms with E-state index in [9.17, 15) is 9.18 Å². The number of hydrogen-bond donors (Lipinski definition) is 1. The number of rotatable bonds is 4. The lowest BCUT2D eigenvalue weighted by molar-refractivity contribution is -0.139. The van der Waals surface area contributed by atoms with E-state index in [1.54, 1.807) is 11.0 Å². The topological polar surface area (TPSA) is 55.6 Å². The summed E-state index contributed by atoms with van der Waals surface area (Å²) in [5.74, 6) is -0.220. The van der Waals surface area contributed by atoms with Gasteiger partial charge in [-0.1, -0.05) is 30.3 Å². The average molecular weight is 365 g/mol. The van der Waals surface area contributed by atoms with Crippen molar-refractivity contribution >= 4 is 24.0 Å². The van der Waals surface area contributed by atoms with Crippen LogP contribution in [0.2, 0.25) is 0 Å². The van der Waals surface area contributed by atoms with Crippen LogP contribution in [0.3, 0.4) is 0 Å². The SMILES string of the molecule is Cl.Nc1ccccc1CCC(=O)N1CCOC(c2cccc(F)c2)C1. The van der Waals surface area contributed by atoms with Crippen LogP contribution in [-0.4, -0.2) is 30.5 Å². The van der Waals surface area contributed by atoms with Gasteiger partial charge in [-0.15, -0.1) is 12.4 Å². The number of anilines is 1. The molecule has 1 amide bonds. The number of nitrogen functional groups attached to an aromatic ring is 1. The number of para-hydroxylation sites is 1. The fraction of sp³-hybridized carbons (Fsp3) is 0.316. The van der Waals surface area contributed by atoms with Gasteiger partial charge in [-0.25, -0.2) is 4.39 Å². The van der Waals surface area contributed by atoms with Gasteiger partial charge < -0.3 is 15.4 Å². The molecule has 4 nitrogen and oxygen atoms in total. The van der Waals surface area contributed by atoms with Crippen LogP contribution in [0.5, 0.6) is 0 Å². The van der Waals surface area contributed by atoms with Crippen LogP contribution in [0.1, 0.15) is 23.7 Å². The summed E-state index contributed by atoms with van der Waals surface area (Å²) in [4.78, 5) is 14.3. The van der Waals surface area contributed by atoms with E-state index in [0.29, 0.717) is 38.2 Å². The maximum atomic E-state index is 13.4. The molecule has 0 bridgehead atoms. The summed E-state index contributed by atoms with van der Waals surface area (Å²) in [6, 6.07) is 13.9. The monoisotopic (exact) mass is 364 g/mol. The second kappa shape index (κ2) is 8.83. The molecule has 25 heavy (non-hydrogen) atoms. The maximum absolute atomic E-state index is 13.4. The normalized spacial score (nSPS) is 17.0. The minimum atomic E-state index is -0.292. The van der Waals surface area contributed by atoms with E-state index in [2.05, 4.69) is 0 Å². The van der Waals surface area contributed by atoms with Crippen LogP contribution in [-0.2, 0) is 16.0 Å². The molecule has 0 aliphatic carbocycles. The van der Waals surface area contributed by atoms with Crippen LogP contribution < -0.4 is 5.73 Å². The van der Waals surface area contributed by atoms with Crippen LogP contribution in [0, 0.1) is 5.82 Å². The minimum Gasteiger partial charge on any atom is -0.399 e. The van der Waals surface area contributed by atoms with E-state index in [1.165, 1.54) is 12.1 Å². The molecule has 2 aromatic rings. The van der Waals surface area contributed by atoms with Crippen molar-refractivity contribution in [3.8, 4) is 0 Å². The van der Waals surface area contributed by atoms with Crippen molar-refractivity contribution in [3.05, 3.63) is 65.5 Å². The van der Waals surface area contributed by atoms with Crippen molar-refractivity contribution in [1.82, 2.24) is 4.90 Å². The summed E-state index contributed by atoms with van der Waals surface area (Å²) in [6.07, 6.45) is 0.748. The summed E-state index contributed by atoms with van der Waals surface area (Å²) in [5, 5.41) is 0. The van der Waals surface area contributed by atoms with Gasteiger partial charge in [0.2, 0.25) is 5.91 Å². The standard InChI is InChI=1S/C19H21FN2O2.ClH/c20-16-6-3-5-15(12-16)18-13-22(10-11-24-18)19(23)9-8-14-4-1-2-7-17(14)21;/h1-7,12,18H,8-11,13,21H2;1H. The van der Waals surface area contributed by atoms with Gasteiger partial charge >= 0.3 is 0 Å². The van der Waals surface area contributed by atoms with Crippen molar-refractivity contribution in [2.45, 2.75) is 18.9 Å². The van der Waals surface area contributed by atoms with Gasteiger partial charge in [-0.2, -0.15) is 0 Å². The molecule has 0 saturated carbocycles. The summed E-state index contributed by atoms with van der Waals surface area (Å²) < 4.78 is 19.1. The van der Waals surface area contributed by atoms with Crippen molar-refractivity contribution in [3.63, 3.8) is 0 Å². The molecule has 1 aliphatic heterocycles. The highest BCUT2D eigenvalue weighted by atomic mass is 35.5. The molecule has 0 aromatic heterocycles. The average Bonchev–Trinajstić information content (AvgIpc) is 2.61. The first-order valence-corrected chi connectivity index (χ1v) is 8.11. The second-order valence-electron chi connectivity index (χ2n) is 5.95. The zero-order valence-electron chi connectivity index (χ0n) is 13.9. The molecule has 2 N–H and O–H groups in total. The third kappa shape index (κ3) is 4.94. The number of morpholine rings is 1. The highest BCUT2D eigenvalue weighted by Crippen LogP contribution is 2.23. The molecule has 0 radical (unpaired) electrons. The van der Waals surface area contributed by atoms with E-state index in [4.69, 9.17) is 10.5 Å². The zero-order valence-corrected chi connectivity index (χ0v) is 14.7. The Kier molecular flexibility index (Phi) is 6.79. The van der Waals surface area contributed by atoms with Gasteiger partial charge in [0.1, 0.15) is 11.9 Å². The van der Waals surface area contributed by atoms with Gasteiger partial charge in [0.05, 0.1) is 13.2 Å². The maximum Gasteiger partial charge on any atom is 0.223 e. The minimum absolute atomic E-state index is 0. The molecule has 3 rings (SSSR count). The van der Waals surface area contributed by atoms with E-state index in [-0.39, 0.29) is 30.2 Å². The number of carbonyl (C=O) groups excluding carboxylic acids is 1. The Morgan fingerprint density at radius 1 is 1.24 bits per heavy atom. The molecule has 0 spiro atoms. The first-order valence-electron chi connectivity index (χ1n) is 8.11. The number of amides is 1. The summed E-state index contributed by atoms with van der Waals surface area (Å²) in [5.41, 5.74) is 8.38. The lowest BCUT2D eigenvalue weighted by Gasteiger charge is -2.33. The molecule has 1 heterocycles. The van der Waals surface area contributed by atoms with Crippen LogP contribution in [0.15, 0.2) is 48.5 Å². The van der Waals surface area contributed by atoms with E-state index < -0.39 is 0 Å². The lowest BCUT2D eigenvalue weighted by Crippen LogP contribution is -2.42.